The third-order valence-corrected chi connectivity index (χ3v) is 6.91. The van der Waals surface area contributed by atoms with Gasteiger partial charge in [0.1, 0.15) is 17.6 Å². The second-order valence-electron chi connectivity index (χ2n) is 8.88. The summed E-state index contributed by atoms with van der Waals surface area (Å²) >= 11 is 0. The number of carbonyl (C=O) groups is 1. The van der Waals surface area contributed by atoms with Gasteiger partial charge in [-0.2, -0.15) is 0 Å². The van der Waals surface area contributed by atoms with Gasteiger partial charge in [-0.3, -0.25) is 4.79 Å². The first kappa shape index (κ1) is 20.0. The number of rotatable bonds is 6. The molecule has 0 fully saturated rings. The molecule has 2 atom stereocenters. The Hall–Kier alpha value is -2.33. The molecule has 0 radical (unpaired) electrons. The number of fused-ring (bicyclic) bond motifs is 4. The van der Waals surface area contributed by atoms with E-state index in [1.165, 1.54) is 0 Å². The van der Waals surface area contributed by atoms with Gasteiger partial charge in [0.25, 0.3) is 0 Å². The lowest BCUT2D eigenvalue weighted by atomic mass is 9.65. The number of ether oxygens (including phenoxy) is 2. The van der Waals surface area contributed by atoms with Gasteiger partial charge in [-0.25, -0.2) is 0 Å². The summed E-state index contributed by atoms with van der Waals surface area (Å²) in [5.41, 5.74) is 1.69. The number of benzene rings is 2. The fourth-order valence-corrected chi connectivity index (χ4v) is 4.70. The molecule has 1 heterocycles. The fraction of sp³-hybridized carbons (Fsp3) is 0.480. The maximum Gasteiger partial charge on any atom is 0.174 e. The predicted molar refractivity (Wildman–Crippen MR) is 113 cm³/mol. The van der Waals surface area contributed by atoms with Crippen LogP contribution in [0.3, 0.4) is 0 Å². The molecule has 2 aromatic rings. The molecule has 29 heavy (non-hydrogen) atoms. The van der Waals surface area contributed by atoms with Crippen LogP contribution in [0, 0.1) is 0 Å². The zero-order chi connectivity index (χ0) is 20.8. The molecule has 4 heteroatoms. The van der Waals surface area contributed by atoms with Crippen LogP contribution in [0.4, 0.5) is 0 Å². The molecule has 1 N–H and O–H groups in total. The van der Waals surface area contributed by atoms with Gasteiger partial charge in [-0.15, -0.1) is 0 Å². The number of carbonyl (C=O) groups excluding carboxylic acids is 1. The van der Waals surface area contributed by atoms with Crippen molar-refractivity contribution in [2.45, 2.75) is 70.0 Å². The van der Waals surface area contributed by atoms with E-state index in [9.17, 15) is 9.90 Å². The molecule has 2 aliphatic rings. The molecule has 0 spiro atoms. The molecule has 2 aromatic carbocycles. The Balaban J connectivity index is 1.61. The van der Waals surface area contributed by atoms with Crippen LogP contribution in [0.1, 0.15) is 74.4 Å². The summed E-state index contributed by atoms with van der Waals surface area (Å²) in [6.45, 7) is 8.70. The molecule has 0 amide bonds. The maximum atomic E-state index is 13.3. The van der Waals surface area contributed by atoms with Crippen molar-refractivity contribution in [3.05, 3.63) is 59.2 Å². The number of hydrogen-bond acceptors (Lipinski definition) is 4. The van der Waals surface area contributed by atoms with Crippen LogP contribution in [0.15, 0.2) is 42.5 Å². The van der Waals surface area contributed by atoms with Crippen molar-refractivity contribution in [2.75, 3.05) is 6.61 Å². The summed E-state index contributed by atoms with van der Waals surface area (Å²) in [5.74, 6) is 1.40. The van der Waals surface area contributed by atoms with E-state index in [0.717, 1.165) is 28.2 Å². The third kappa shape index (κ3) is 3.24. The minimum absolute atomic E-state index is 0.118. The van der Waals surface area contributed by atoms with Crippen LogP contribution < -0.4 is 9.47 Å². The Labute approximate surface area is 172 Å². The van der Waals surface area contributed by atoms with Crippen molar-refractivity contribution in [3.8, 4) is 11.5 Å². The lowest BCUT2D eigenvalue weighted by Gasteiger charge is -2.40. The molecule has 2 unspecified atom stereocenters. The first-order valence-corrected chi connectivity index (χ1v) is 10.6. The van der Waals surface area contributed by atoms with E-state index >= 15 is 0 Å². The van der Waals surface area contributed by atoms with E-state index < -0.39 is 5.60 Å². The van der Waals surface area contributed by atoms with E-state index in [1.54, 1.807) is 0 Å². The largest absolute Gasteiger partial charge is 0.493 e. The van der Waals surface area contributed by atoms with Gasteiger partial charge in [-0.05, 0) is 42.7 Å². The Morgan fingerprint density at radius 1 is 1.14 bits per heavy atom. The van der Waals surface area contributed by atoms with Crippen LogP contribution in [-0.2, 0) is 5.41 Å². The maximum absolute atomic E-state index is 13.3. The van der Waals surface area contributed by atoms with Gasteiger partial charge >= 0.3 is 0 Å². The Morgan fingerprint density at radius 2 is 1.86 bits per heavy atom. The fourth-order valence-electron chi connectivity index (χ4n) is 4.70. The summed E-state index contributed by atoms with van der Waals surface area (Å²) in [7, 11) is 0. The summed E-state index contributed by atoms with van der Waals surface area (Å²) in [5, 5.41) is 10.5. The van der Waals surface area contributed by atoms with Crippen molar-refractivity contribution in [1.29, 1.82) is 0 Å². The second-order valence-corrected chi connectivity index (χ2v) is 8.88. The molecular formula is C25H30O4. The highest BCUT2D eigenvalue weighted by Gasteiger charge is 2.53. The summed E-state index contributed by atoms with van der Waals surface area (Å²) in [6.07, 6.45) is 1.78. The third-order valence-electron chi connectivity index (χ3n) is 6.91. The zero-order valence-electron chi connectivity index (χ0n) is 17.7. The summed E-state index contributed by atoms with van der Waals surface area (Å²) in [4.78, 5) is 13.3. The van der Waals surface area contributed by atoms with E-state index in [1.807, 2.05) is 56.3 Å². The quantitative estimate of drug-likeness (QED) is 0.747. The van der Waals surface area contributed by atoms with Crippen molar-refractivity contribution in [2.24, 2.45) is 0 Å². The molecule has 1 aliphatic carbocycles. The first-order valence-electron chi connectivity index (χ1n) is 10.6. The SMILES string of the molecule is CCC(O)(CC)CCOc1ccc2c(c1)C(C)(C)C1Oc3ccccc3C1C2=O. The molecule has 154 valence electrons. The first-order chi connectivity index (χ1) is 13.8. The number of ketones is 1. The molecule has 0 saturated carbocycles. The lowest BCUT2D eigenvalue weighted by molar-refractivity contribution is 0.0117. The average molecular weight is 395 g/mol. The molecule has 1 aliphatic heterocycles. The number of para-hydroxylation sites is 1. The van der Waals surface area contributed by atoms with Crippen molar-refractivity contribution >= 4 is 5.78 Å². The van der Waals surface area contributed by atoms with Gasteiger partial charge in [0.05, 0.1) is 18.1 Å². The predicted octanol–water partition coefficient (Wildman–Crippen LogP) is 5.03. The summed E-state index contributed by atoms with van der Waals surface area (Å²) in [6, 6.07) is 13.6. The highest BCUT2D eigenvalue weighted by Crippen LogP contribution is 2.52. The van der Waals surface area contributed by atoms with Gasteiger partial charge in [0.2, 0.25) is 0 Å². The average Bonchev–Trinajstić information content (AvgIpc) is 3.13. The van der Waals surface area contributed by atoms with Crippen LogP contribution in [0.25, 0.3) is 0 Å². The number of Topliss-reactive ketones (excluding diaryl/α,β-unsaturated/α-hetero) is 1. The van der Waals surface area contributed by atoms with Gasteiger partial charge in [0.15, 0.2) is 5.78 Å². The van der Waals surface area contributed by atoms with E-state index in [2.05, 4.69) is 13.8 Å². The molecule has 4 rings (SSSR count). The topological polar surface area (TPSA) is 55.8 Å². The Morgan fingerprint density at radius 3 is 2.59 bits per heavy atom. The van der Waals surface area contributed by atoms with E-state index in [0.29, 0.717) is 25.9 Å². The smallest absolute Gasteiger partial charge is 0.174 e. The lowest BCUT2D eigenvalue weighted by Crippen LogP contribution is -2.47. The Kier molecular flexibility index (Phi) is 4.94. The molecule has 0 saturated heterocycles. The van der Waals surface area contributed by atoms with Gasteiger partial charge in [-0.1, -0.05) is 45.9 Å². The van der Waals surface area contributed by atoms with Crippen molar-refractivity contribution < 1.29 is 19.4 Å². The monoisotopic (exact) mass is 394 g/mol. The Bertz CT molecular complexity index is 926. The molecule has 0 bridgehead atoms. The van der Waals surface area contributed by atoms with Crippen molar-refractivity contribution in [3.63, 3.8) is 0 Å². The highest BCUT2D eigenvalue weighted by molar-refractivity contribution is 6.05. The number of hydrogen-bond donors (Lipinski definition) is 1. The van der Waals surface area contributed by atoms with Crippen LogP contribution in [0.2, 0.25) is 0 Å². The van der Waals surface area contributed by atoms with Crippen molar-refractivity contribution in [1.82, 2.24) is 0 Å². The number of aliphatic hydroxyl groups is 1. The van der Waals surface area contributed by atoms with Crippen LogP contribution in [0.5, 0.6) is 11.5 Å². The van der Waals surface area contributed by atoms with Gasteiger partial charge < -0.3 is 14.6 Å². The molecular weight excluding hydrogens is 364 g/mol. The standard InChI is InChI=1S/C25H30O4/c1-5-25(27,6-2)13-14-28-16-11-12-17-19(15-16)24(3,4)23-21(22(17)26)18-9-7-8-10-20(18)29-23/h7-12,15,21,23,27H,5-6,13-14H2,1-4H3. The highest BCUT2D eigenvalue weighted by atomic mass is 16.5. The van der Waals surface area contributed by atoms with Crippen LogP contribution >= 0.6 is 0 Å². The minimum atomic E-state index is -0.680. The molecule has 4 nitrogen and oxygen atoms in total. The summed E-state index contributed by atoms with van der Waals surface area (Å²) < 4.78 is 12.2. The van der Waals surface area contributed by atoms with Crippen LogP contribution in [-0.4, -0.2) is 29.2 Å². The minimum Gasteiger partial charge on any atom is -0.493 e. The van der Waals surface area contributed by atoms with E-state index in [4.69, 9.17) is 9.47 Å². The zero-order valence-corrected chi connectivity index (χ0v) is 17.7. The van der Waals surface area contributed by atoms with E-state index in [-0.39, 0.29) is 23.2 Å². The van der Waals surface area contributed by atoms with Gasteiger partial charge in [0, 0.05) is 23.0 Å². The second kappa shape index (κ2) is 7.17. The normalized spacial score (nSPS) is 21.8. The molecule has 0 aromatic heterocycles.